The van der Waals surface area contributed by atoms with Crippen LogP contribution < -0.4 is 0 Å². The Hall–Kier alpha value is -1.18. The van der Waals surface area contributed by atoms with E-state index in [4.69, 9.17) is 5.11 Å². The maximum atomic E-state index is 12.5. The van der Waals surface area contributed by atoms with Gasteiger partial charge in [-0.2, -0.15) is 13.2 Å². The highest BCUT2D eigenvalue weighted by Crippen LogP contribution is 2.40. The van der Waals surface area contributed by atoms with Gasteiger partial charge in [0.25, 0.3) is 0 Å². The Kier molecular flexibility index (Phi) is 3.61. The van der Waals surface area contributed by atoms with Crippen molar-refractivity contribution in [3.05, 3.63) is 0 Å². The lowest BCUT2D eigenvalue weighted by molar-refractivity contribution is -0.190. The molecular formula is C10H11F3O2. The van der Waals surface area contributed by atoms with E-state index in [1.54, 1.807) is 5.92 Å². The Morgan fingerprint density at radius 1 is 1.27 bits per heavy atom. The Balaban J connectivity index is 2.76. The lowest BCUT2D eigenvalue weighted by Crippen LogP contribution is -2.32. The topological polar surface area (TPSA) is 37.3 Å². The number of alkyl halides is 3. The first-order valence-electron chi connectivity index (χ1n) is 4.72. The summed E-state index contributed by atoms with van der Waals surface area (Å²) in [5.74, 6) is 0.306. The third-order valence-electron chi connectivity index (χ3n) is 2.55. The van der Waals surface area contributed by atoms with Crippen molar-refractivity contribution in [2.75, 3.05) is 0 Å². The average molecular weight is 220 g/mol. The summed E-state index contributed by atoms with van der Waals surface area (Å²) in [6.45, 7) is 0. The molecule has 1 saturated carbocycles. The fraction of sp³-hybridized carbons (Fsp3) is 0.700. The zero-order valence-electron chi connectivity index (χ0n) is 7.97. The van der Waals surface area contributed by atoms with Crippen molar-refractivity contribution < 1.29 is 23.1 Å². The molecule has 1 fully saturated rings. The molecule has 15 heavy (non-hydrogen) atoms. The van der Waals surface area contributed by atoms with Crippen LogP contribution in [0.5, 0.6) is 0 Å². The van der Waals surface area contributed by atoms with E-state index in [0.29, 0.717) is 19.3 Å². The van der Waals surface area contributed by atoms with E-state index in [9.17, 15) is 18.0 Å². The van der Waals surface area contributed by atoms with Crippen LogP contribution in [0, 0.1) is 23.7 Å². The molecule has 1 aliphatic rings. The predicted molar refractivity (Wildman–Crippen MR) is 46.9 cm³/mol. The summed E-state index contributed by atoms with van der Waals surface area (Å²) < 4.78 is 37.5. The minimum absolute atomic E-state index is 0.0580. The second kappa shape index (κ2) is 4.56. The van der Waals surface area contributed by atoms with Crippen LogP contribution in [0.2, 0.25) is 0 Å². The molecule has 0 aromatic heterocycles. The first-order chi connectivity index (χ1) is 6.91. The molecule has 1 rings (SSSR count). The predicted octanol–water partition coefficient (Wildman–Crippen LogP) is 2.44. The normalized spacial score (nSPS) is 26.6. The van der Waals surface area contributed by atoms with Crippen LogP contribution in [0.15, 0.2) is 0 Å². The number of carboxylic acid groups (broad SMARTS) is 1. The molecule has 5 heteroatoms. The third kappa shape index (κ3) is 3.46. The van der Waals surface area contributed by atoms with Gasteiger partial charge in [-0.15, -0.1) is 0 Å². The maximum Gasteiger partial charge on any atom is 0.392 e. The van der Waals surface area contributed by atoms with Gasteiger partial charge in [0.05, 0.1) is 5.92 Å². The number of carboxylic acids is 1. The molecule has 2 unspecified atom stereocenters. The van der Waals surface area contributed by atoms with Crippen LogP contribution >= 0.6 is 0 Å². The Morgan fingerprint density at radius 2 is 1.87 bits per heavy atom. The van der Waals surface area contributed by atoms with Gasteiger partial charge in [-0.25, -0.2) is 4.79 Å². The summed E-state index contributed by atoms with van der Waals surface area (Å²) in [6, 6.07) is 0. The quantitative estimate of drug-likeness (QED) is 0.636. The number of rotatable bonds is 0. The molecule has 1 N–H and O–H groups in total. The Bertz CT molecular complexity index is 298. The lowest BCUT2D eigenvalue weighted by Gasteiger charge is -2.29. The van der Waals surface area contributed by atoms with Crippen molar-refractivity contribution in [3.63, 3.8) is 0 Å². The van der Waals surface area contributed by atoms with Crippen LogP contribution in [-0.4, -0.2) is 17.3 Å². The van der Waals surface area contributed by atoms with E-state index in [0.717, 1.165) is 0 Å². The van der Waals surface area contributed by atoms with Gasteiger partial charge in [-0.1, -0.05) is 18.8 Å². The van der Waals surface area contributed by atoms with Crippen LogP contribution in [0.4, 0.5) is 13.2 Å². The van der Waals surface area contributed by atoms with Crippen LogP contribution in [0.1, 0.15) is 25.7 Å². The number of halogens is 3. The van der Waals surface area contributed by atoms with Crippen LogP contribution in [0.25, 0.3) is 0 Å². The molecule has 1 aliphatic carbocycles. The summed E-state index contributed by atoms with van der Waals surface area (Å²) >= 11 is 0. The summed E-state index contributed by atoms with van der Waals surface area (Å²) in [5, 5.41) is 8.28. The standard InChI is InChI=1S/C10H11F3O2/c11-10(12,13)8-4-2-1-3-7(8)5-6-9(14)15/h7-8H,1-4H2,(H,14,15). The van der Waals surface area contributed by atoms with Gasteiger partial charge in [0, 0.05) is 11.8 Å². The minimum atomic E-state index is -4.27. The van der Waals surface area contributed by atoms with Gasteiger partial charge >= 0.3 is 12.1 Å². The van der Waals surface area contributed by atoms with E-state index in [1.165, 1.54) is 0 Å². The van der Waals surface area contributed by atoms with Crippen molar-refractivity contribution in [2.24, 2.45) is 11.8 Å². The zero-order valence-corrected chi connectivity index (χ0v) is 7.97. The van der Waals surface area contributed by atoms with Crippen molar-refractivity contribution in [1.29, 1.82) is 0 Å². The molecule has 0 amide bonds. The SMILES string of the molecule is O=C(O)C#CC1CCCCC1C(F)(F)F. The second-order valence-electron chi connectivity index (χ2n) is 3.61. The fourth-order valence-electron chi connectivity index (χ4n) is 1.85. The van der Waals surface area contributed by atoms with E-state index >= 15 is 0 Å². The summed E-state index contributed by atoms with van der Waals surface area (Å²) in [7, 11) is 0. The largest absolute Gasteiger partial charge is 0.472 e. The molecule has 84 valence electrons. The average Bonchev–Trinajstić information content (AvgIpc) is 2.13. The van der Waals surface area contributed by atoms with E-state index in [2.05, 4.69) is 5.92 Å². The molecule has 0 aliphatic heterocycles. The number of hydrogen-bond acceptors (Lipinski definition) is 1. The van der Waals surface area contributed by atoms with Gasteiger partial charge in [0.2, 0.25) is 0 Å². The number of carbonyl (C=O) groups is 1. The Morgan fingerprint density at radius 3 is 2.40 bits per heavy atom. The monoisotopic (exact) mass is 220 g/mol. The maximum absolute atomic E-state index is 12.5. The fourth-order valence-corrected chi connectivity index (χ4v) is 1.85. The highest BCUT2D eigenvalue weighted by atomic mass is 19.4. The zero-order chi connectivity index (χ0) is 11.5. The smallest absolute Gasteiger partial charge is 0.392 e. The second-order valence-corrected chi connectivity index (χ2v) is 3.61. The van der Waals surface area contributed by atoms with Crippen molar-refractivity contribution in [3.8, 4) is 11.8 Å². The number of hydrogen-bond donors (Lipinski definition) is 1. The molecule has 2 nitrogen and oxygen atoms in total. The highest BCUT2D eigenvalue weighted by Gasteiger charge is 2.44. The van der Waals surface area contributed by atoms with Gasteiger partial charge in [-0.3, -0.25) is 0 Å². The van der Waals surface area contributed by atoms with Gasteiger partial charge in [-0.05, 0) is 12.8 Å². The molecule has 2 atom stereocenters. The summed E-state index contributed by atoms with van der Waals surface area (Å²) in [4.78, 5) is 10.1. The summed E-state index contributed by atoms with van der Waals surface area (Å²) in [6.07, 6.45) is -2.65. The van der Waals surface area contributed by atoms with E-state index < -0.39 is 24.0 Å². The molecule has 0 aromatic carbocycles. The molecule has 0 radical (unpaired) electrons. The first kappa shape index (κ1) is 11.9. The van der Waals surface area contributed by atoms with Crippen molar-refractivity contribution >= 4 is 5.97 Å². The highest BCUT2D eigenvalue weighted by molar-refractivity contribution is 5.86. The van der Waals surface area contributed by atoms with Gasteiger partial charge < -0.3 is 5.11 Å². The third-order valence-corrected chi connectivity index (χ3v) is 2.55. The van der Waals surface area contributed by atoms with Crippen LogP contribution in [0.3, 0.4) is 0 Å². The lowest BCUT2D eigenvalue weighted by atomic mass is 9.79. The van der Waals surface area contributed by atoms with Gasteiger partial charge in [0.15, 0.2) is 0 Å². The van der Waals surface area contributed by atoms with Gasteiger partial charge in [0.1, 0.15) is 0 Å². The molecule has 0 saturated heterocycles. The summed E-state index contributed by atoms with van der Waals surface area (Å²) in [5.41, 5.74) is 0. The van der Waals surface area contributed by atoms with Crippen molar-refractivity contribution in [2.45, 2.75) is 31.9 Å². The first-order valence-corrected chi connectivity index (χ1v) is 4.72. The Labute approximate surface area is 85.5 Å². The molecule has 0 bridgehead atoms. The molecular weight excluding hydrogens is 209 g/mol. The molecule has 0 heterocycles. The van der Waals surface area contributed by atoms with Crippen LogP contribution in [-0.2, 0) is 4.79 Å². The molecule has 0 spiro atoms. The van der Waals surface area contributed by atoms with E-state index in [-0.39, 0.29) is 6.42 Å². The minimum Gasteiger partial charge on any atom is -0.472 e. The van der Waals surface area contributed by atoms with Crippen molar-refractivity contribution in [1.82, 2.24) is 0 Å². The van der Waals surface area contributed by atoms with E-state index in [1.807, 2.05) is 0 Å². The molecule has 0 aromatic rings. The number of aliphatic carboxylic acids is 1.